The number of aromatic nitrogens is 1. The second-order valence-electron chi connectivity index (χ2n) is 7.39. The summed E-state index contributed by atoms with van der Waals surface area (Å²) in [5.41, 5.74) is 0.817. The number of likely N-dealkylation sites (tertiary alicyclic amines) is 1. The first kappa shape index (κ1) is 22.9. The van der Waals surface area contributed by atoms with Crippen molar-refractivity contribution in [2.45, 2.75) is 31.1 Å². The Kier molecular flexibility index (Phi) is 7.42. The van der Waals surface area contributed by atoms with Crippen LogP contribution < -0.4 is 9.47 Å². The van der Waals surface area contributed by atoms with Gasteiger partial charge in [0.05, 0.1) is 12.3 Å². The minimum Gasteiger partial charge on any atom is -0.487 e. The number of carbonyl (C=O) groups is 1. The van der Waals surface area contributed by atoms with Crippen LogP contribution in [0.15, 0.2) is 42.6 Å². The Morgan fingerprint density at radius 3 is 2.81 bits per heavy atom. The van der Waals surface area contributed by atoms with Crippen molar-refractivity contribution < 1.29 is 31.5 Å². The lowest BCUT2D eigenvalue weighted by molar-refractivity contribution is 0.0525. The van der Waals surface area contributed by atoms with Crippen LogP contribution in [-0.2, 0) is 15.6 Å². The lowest BCUT2D eigenvalue weighted by Gasteiger charge is -2.33. The van der Waals surface area contributed by atoms with Crippen LogP contribution in [0, 0.1) is 0 Å². The van der Waals surface area contributed by atoms with Crippen LogP contribution in [0.25, 0.3) is 0 Å². The lowest BCUT2D eigenvalue weighted by atomic mass is 10.0. The van der Waals surface area contributed by atoms with Gasteiger partial charge < -0.3 is 14.4 Å². The molecule has 1 aliphatic rings. The molecule has 1 fully saturated rings. The summed E-state index contributed by atoms with van der Waals surface area (Å²) < 4.78 is 58.9. The summed E-state index contributed by atoms with van der Waals surface area (Å²) in [5, 5.41) is 0. The summed E-state index contributed by atoms with van der Waals surface area (Å²) in [7, 11) is -3.29. The van der Waals surface area contributed by atoms with E-state index in [1.807, 2.05) is 0 Å². The van der Waals surface area contributed by atoms with Crippen LogP contribution in [0.2, 0.25) is 0 Å². The first-order valence-corrected chi connectivity index (χ1v) is 11.9. The number of rotatable bonds is 8. The Bertz CT molecular complexity index is 1020. The molecule has 168 valence electrons. The Labute approximate surface area is 179 Å². The number of nitrogens with zero attached hydrogens (tertiary/aromatic N) is 2. The van der Waals surface area contributed by atoms with Crippen LogP contribution >= 0.6 is 0 Å². The lowest BCUT2D eigenvalue weighted by Crippen LogP contribution is -2.44. The monoisotopic (exact) mass is 454 g/mol. The van der Waals surface area contributed by atoms with Gasteiger partial charge in [-0.15, -0.1) is 0 Å². The van der Waals surface area contributed by atoms with E-state index in [4.69, 9.17) is 9.47 Å². The van der Waals surface area contributed by atoms with E-state index in [2.05, 4.69) is 4.98 Å². The smallest absolute Gasteiger partial charge is 0.272 e. The average Bonchev–Trinajstić information content (AvgIpc) is 2.71. The fourth-order valence-electron chi connectivity index (χ4n) is 3.40. The van der Waals surface area contributed by atoms with Gasteiger partial charge in [-0.05, 0) is 30.5 Å². The highest BCUT2D eigenvalue weighted by Crippen LogP contribution is 2.23. The van der Waals surface area contributed by atoms with Crippen molar-refractivity contribution in [3.63, 3.8) is 0 Å². The molecule has 2 aromatic rings. The van der Waals surface area contributed by atoms with Crippen molar-refractivity contribution >= 4 is 15.7 Å². The number of alkyl halides is 2. The largest absolute Gasteiger partial charge is 0.487 e. The maximum Gasteiger partial charge on any atom is 0.272 e. The van der Waals surface area contributed by atoms with Crippen LogP contribution in [0.4, 0.5) is 8.78 Å². The number of amides is 1. The first-order valence-electron chi connectivity index (χ1n) is 9.80. The number of benzene rings is 1. The summed E-state index contributed by atoms with van der Waals surface area (Å²) in [6.45, 7) is 0.106. The van der Waals surface area contributed by atoms with E-state index in [9.17, 15) is 22.0 Å². The maximum atomic E-state index is 13.1. The molecule has 3 rings (SSSR count). The topological polar surface area (TPSA) is 85.8 Å². The van der Waals surface area contributed by atoms with E-state index in [0.717, 1.165) is 6.26 Å². The van der Waals surface area contributed by atoms with Crippen molar-refractivity contribution in [3.05, 3.63) is 53.7 Å². The summed E-state index contributed by atoms with van der Waals surface area (Å²) in [4.78, 5) is 18.8. The molecule has 0 aliphatic carbocycles. The SMILES string of the molecule is CS(=O)(=O)Cc1ccccc1C(=O)N1CCC[C@@H](Oc2cc(OCC(F)F)ccn2)C1. The highest BCUT2D eigenvalue weighted by Gasteiger charge is 2.27. The fraction of sp³-hybridized carbons (Fsp3) is 0.429. The molecule has 1 amide bonds. The van der Waals surface area contributed by atoms with Gasteiger partial charge in [0, 0.05) is 30.6 Å². The third kappa shape index (κ3) is 6.88. The van der Waals surface area contributed by atoms with Crippen LogP contribution in [0.3, 0.4) is 0 Å². The summed E-state index contributed by atoms with van der Waals surface area (Å²) in [5.74, 6) is -0.0142. The molecule has 1 aromatic carbocycles. The number of carbonyl (C=O) groups excluding carboxylic acids is 1. The quantitative estimate of drug-likeness (QED) is 0.610. The molecule has 0 radical (unpaired) electrons. The number of pyridine rings is 1. The average molecular weight is 454 g/mol. The highest BCUT2D eigenvalue weighted by molar-refractivity contribution is 7.89. The van der Waals surface area contributed by atoms with Crippen molar-refractivity contribution in [3.8, 4) is 11.6 Å². The number of piperidine rings is 1. The number of hydrogen-bond acceptors (Lipinski definition) is 6. The second kappa shape index (κ2) is 10.0. The van der Waals surface area contributed by atoms with E-state index in [1.165, 1.54) is 18.3 Å². The molecule has 1 aromatic heterocycles. The number of sulfone groups is 1. The van der Waals surface area contributed by atoms with Gasteiger partial charge in [-0.3, -0.25) is 4.79 Å². The van der Waals surface area contributed by atoms with E-state index in [-0.39, 0.29) is 29.4 Å². The van der Waals surface area contributed by atoms with Gasteiger partial charge in [0.1, 0.15) is 18.5 Å². The molecule has 0 bridgehead atoms. The van der Waals surface area contributed by atoms with Crippen molar-refractivity contribution in [1.82, 2.24) is 9.88 Å². The molecular formula is C21H24F2N2O5S. The van der Waals surface area contributed by atoms with Crippen LogP contribution in [0.1, 0.15) is 28.8 Å². The molecule has 1 saturated heterocycles. The summed E-state index contributed by atoms with van der Waals surface area (Å²) in [6.07, 6.45) is 1.01. The van der Waals surface area contributed by atoms with Gasteiger partial charge >= 0.3 is 0 Å². The number of halogens is 2. The molecule has 31 heavy (non-hydrogen) atoms. The van der Waals surface area contributed by atoms with Gasteiger partial charge in [-0.25, -0.2) is 22.2 Å². The zero-order valence-electron chi connectivity index (χ0n) is 17.0. The summed E-state index contributed by atoms with van der Waals surface area (Å²) in [6, 6.07) is 9.56. The second-order valence-corrected chi connectivity index (χ2v) is 9.53. The third-order valence-electron chi connectivity index (χ3n) is 4.70. The van der Waals surface area contributed by atoms with E-state index in [0.29, 0.717) is 37.1 Å². The fourth-order valence-corrected chi connectivity index (χ4v) is 4.22. The molecule has 10 heteroatoms. The molecule has 0 spiro atoms. The minimum absolute atomic E-state index is 0.210. The third-order valence-corrected chi connectivity index (χ3v) is 5.54. The van der Waals surface area contributed by atoms with Gasteiger partial charge in [-0.2, -0.15) is 0 Å². The zero-order valence-corrected chi connectivity index (χ0v) is 17.9. The Morgan fingerprint density at radius 2 is 2.06 bits per heavy atom. The number of ether oxygens (including phenoxy) is 2. The molecule has 1 aliphatic heterocycles. The van der Waals surface area contributed by atoms with Crippen molar-refractivity contribution in [2.24, 2.45) is 0 Å². The Balaban J connectivity index is 1.67. The van der Waals surface area contributed by atoms with Crippen molar-refractivity contribution in [2.75, 3.05) is 26.0 Å². The van der Waals surface area contributed by atoms with Gasteiger partial charge in [0.25, 0.3) is 12.3 Å². The van der Waals surface area contributed by atoms with Crippen LogP contribution in [0.5, 0.6) is 11.6 Å². The Hall–Kier alpha value is -2.75. The molecule has 0 unspecified atom stereocenters. The normalized spacial score (nSPS) is 16.9. The highest BCUT2D eigenvalue weighted by atomic mass is 32.2. The molecule has 0 saturated carbocycles. The first-order chi connectivity index (χ1) is 14.7. The van der Waals surface area contributed by atoms with E-state index < -0.39 is 22.9 Å². The van der Waals surface area contributed by atoms with E-state index in [1.54, 1.807) is 29.2 Å². The number of hydrogen-bond donors (Lipinski definition) is 0. The molecule has 2 heterocycles. The maximum absolute atomic E-state index is 13.1. The zero-order chi connectivity index (χ0) is 22.4. The van der Waals surface area contributed by atoms with Gasteiger partial charge in [0.15, 0.2) is 9.84 Å². The van der Waals surface area contributed by atoms with E-state index >= 15 is 0 Å². The minimum atomic E-state index is -3.29. The Morgan fingerprint density at radius 1 is 1.29 bits per heavy atom. The molecular weight excluding hydrogens is 430 g/mol. The standard InChI is InChI=1S/C21H24F2N2O5S/c1-31(27,28)14-15-5-2-3-7-18(15)21(26)25-10-4-6-17(12-25)30-20-11-16(8-9-24-20)29-13-19(22)23/h2-3,5,7-9,11,17,19H,4,6,10,12-14H2,1H3/t17-/m1/s1. The summed E-state index contributed by atoms with van der Waals surface area (Å²) >= 11 is 0. The molecule has 7 nitrogen and oxygen atoms in total. The van der Waals surface area contributed by atoms with Crippen molar-refractivity contribution in [1.29, 1.82) is 0 Å². The van der Waals surface area contributed by atoms with Crippen LogP contribution in [-0.4, -0.2) is 62.7 Å². The molecule has 1 atom stereocenters. The predicted molar refractivity (Wildman–Crippen MR) is 110 cm³/mol. The van der Waals surface area contributed by atoms with Gasteiger partial charge in [-0.1, -0.05) is 18.2 Å². The molecule has 0 N–H and O–H groups in total. The predicted octanol–water partition coefficient (Wildman–Crippen LogP) is 2.95. The van der Waals surface area contributed by atoms with Gasteiger partial charge in [0.2, 0.25) is 5.88 Å².